The van der Waals surface area contributed by atoms with Crippen LogP contribution in [0.5, 0.6) is 0 Å². The summed E-state index contributed by atoms with van der Waals surface area (Å²) in [5, 5.41) is 0. The SMILES string of the molecule is CC.Cc1ccc(-c2cc(F)c(-c3sc(-c4ccc(C)s4)cc3F)s2)s1.[Ar]. The third-order valence-corrected chi connectivity index (χ3v) is 8.32. The summed E-state index contributed by atoms with van der Waals surface area (Å²) in [6.45, 7) is 8.04. The van der Waals surface area contributed by atoms with Crippen LogP contribution in [0.3, 0.4) is 0 Å². The number of halogens is 2. The molecule has 0 saturated carbocycles. The van der Waals surface area contributed by atoms with Crippen molar-refractivity contribution in [1.82, 2.24) is 0 Å². The second-order valence-electron chi connectivity index (χ2n) is 5.40. The van der Waals surface area contributed by atoms with Crippen LogP contribution in [0.1, 0.15) is 23.6 Å². The molecule has 0 aliphatic heterocycles. The fourth-order valence-corrected chi connectivity index (χ4v) is 6.53. The molecular weight excluding hydrogens is 446 g/mol. The van der Waals surface area contributed by atoms with Crippen molar-refractivity contribution in [3.8, 4) is 29.3 Å². The molecule has 0 aliphatic carbocycles. The Morgan fingerprint density at radius 1 is 0.593 bits per heavy atom. The van der Waals surface area contributed by atoms with E-state index in [0.717, 1.165) is 19.5 Å². The average molecular weight is 465 g/mol. The molecule has 144 valence electrons. The maximum Gasteiger partial charge on any atom is 0.143 e. The monoisotopic (exact) mass is 464 g/mol. The maximum atomic E-state index is 14.4. The van der Waals surface area contributed by atoms with Gasteiger partial charge >= 0.3 is 0 Å². The quantitative estimate of drug-likeness (QED) is 0.284. The molecule has 4 aromatic heterocycles. The summed E-state index contributed by atoms with van der Waals surface area (Å²) in [5.41, 5.74) is 0. The molecule has 0 bridgehead atoms. The summed E-state index contributed by atoms with van der Waals surface area (Å²) >= 11 is 5.88. The molecule has 0 spiro atoms. The smallest absolute Gasteiger partial charge is 0.143 e. The van der Waals surface area contributed by atoms with Gasteiger partial charge in [-0.1, -0.05) is 13.8 Å². The van der Waals surface area contributed by atoms with Gasteiger partial charge in [-0.3, -0.25) is 0 Å². The van der Waals surface area contributed by atoms with Gasteiger partial charge in [-0.2, -0.15) is 0 Å². The Morgan fingerprint density at radius 3 is 1.26 bits per heavy atom. The van der Waals surface area contributed by atoms with E-state index in [1.54, 1.807) is 22.7 Å². The maximum absolute atomic E-state index is 14.4. The van der Waals surface area contributed by atoms with E-state index in [1.807, 2.05) is 52.0 Å². The fraction of sp³-hybridized carbons (Fsp3) is 0.200. The first-order chi connectivity index (χ1) is 12.5. The molecule has 4 aromatic rings. The van der Waals surface area contributed by atoms with Crippen molar-refractivity contribution in [2.75, 3.05) is 0 Å². The summed E-state index contributed by atoms with van der Waals surface area (Å²) in [4.78, 5) is 6.87. The normalized spacial score (nSPS) is 10.3. The standard InChI is InChI=1S/C18H12F2S4.C2H6.Ar/c1-9-3-5-13(21-9)15-7-11(19)17(23-15)18-12(20)8-16(24-18)14-6-4-10(2)22-14;1-2;/h3-8H,1-2H3;1-2H3;. The molecule has 0 nitrogen and oxygen atoms in total. The Hall–Kier alpha value is -0.0803. The van der Waals surface area contributed by atoms with Gasteiger partial charge in [0.15, 0.2) is 0 Å². The number of aryl methyl sites for hydroxylation is 2. The summed E-state index contributed by atoms with van der Waals surface area (Å²) in [6.07, 6.45) is 0. The van der Waals surface area contributed by atoms with Crippen LogP contribution in [0, 0.1) is 63.2 Å². The molecule has 0 N–H and O–H groups in total. The molecule has 4 heterocycles. The Labute approximate surface area is 204 Å². The Bertz CT molecular complexity index is 940. The van der Waals surface area contributed by atoms with E-state index in [4.69, 9.17) is 0 Å². The van der Waals surface area contributed by atoms with Crippen LogP contribution in [-0.4, -0.2) is 0 Å². The first-order valence-corrected chi connectivity index (χ1v) is 11.5. The zero-order valence-electron chi connectivity index (χ0n) is 15.2. The zero-order chi connectivity index (χ0) is 18.8. The number of hydrogen-bond donors (Lipinski definition) is 0. The second kappa shape index (κ2) is 10.1. The fourth-order valence-electron chi connectivity index (χ4n) is 2.42. The predicted molar refractivity (Wildman–Crippen MR) is 115 cm³/mol. The summed E-state index contributed by atoms with van der Waals surface area (Å²) in [7, 11) is 0. The minimum atomic E-state index is -0.351. The molecule has 0 saturated heterocycles. The number of rotatable bonds is 3. The summed E-state index contributed by atoms with van der Waals surface area (Å²) < 4.78 is 28.9. The van der Waals surface area contributed by atoms with Gasteiger partial charge in [0.1, 0.15) is 11.6 Å². The minimum Gasteiger partial charge on any atom is -0.205 e. The molecule has 0 aromatic carbocycles. The van der Waals surface area contributed by atoms with Crippen LogP contribution in [-0.2, 0) is 0 Å². The Kier molecular flexibility index (Phi) is 8.68. The van der Waals surface area contributed by atoms with Crippen molar-refractivity contribution in [2.24, 2.45) is 0 Å². The van der Waals surface area contributed by atoms with E-state index in [1.165, 1.54) is 44.6 Å². The molecule has 0 aliphatic rings. The van der Waals surface area contributed by atoms with E-state index in [-0.39, 0.29) is 49.4 Å². The van der Waals surface area contributed by atoms with Gasteiger partial charge in [-0.15, -0.1) is 45.3 Å². The van der Waals surface area contributed by atoms with E-state index < -0.39 is 0 Å². The second-order valence-corrected chi connectivity index (χ2v) is 10.1. The first-order valence-electron chi connectivity index (χ1n) is 8.24. The van der Waals surface area contributed by atoms with Gasteiger partial charge in [0, 0.05) is 67.0 Å². The number of thiophene rings is 4. The Balaban J connectivity index is 0.000000844. The van der Waals surface area contributed by atoms with Gasteiger partial charge < -0.3 is 0 Å². The predicted octanol–water partition coefficient (Wildman–Crippen LogP) is 8.85. The van der Waals surface area contributed by atoms with Crippen LogP contribution >= 0.6 is 45.3 Å². The zero-order valence-corrected chi connectivity index (χ0v) is 19.2. The first kappa shape index (κ1) is 23.2. The third kappa shape index (κ3) is 5.10. The van der Waals surface area contributed by atoms with E-state index >= 15 is 0 Å². The molecule has 27 heavy (non-hydrogen) atoms. The summed E-state index contributed by atoms with van der Waals surface area (Å²) in [5.74, 6) is -0.702. The van der Waals surface area contributed by atoms with Crippen molar-refractivity contribution >= 4 is 45.3 Å². The van der Waals surface area contributed by atoms with Crippen LogP contribution in [0.2, 0.25) is 0 Å². The largest absolute Gasteiger partial charge is 0.205 e. The minimum absolute atomic E-state index is 0. The van der Waals surface area contributed by atoms with E-state index in [9.17, 15) is 8.78 Å². The van der Waals surface area contributed by atoms with Crippen LogP contribution < -0.4 is 0 Å². The van der Waals surface area contributed by atoms with Gasteiger partial charge in [0.2, 0.25) is 0 Å². The van der Waals surface area contributed by atoms with E-state index in [0.29, 0.717) is 9.75 Å². The van der Waals surface area contributed by atoms with Crippen LogP contribution in [0.25, 0.3) is 29.3 Å². The van der Waals surface area contributed by atoms with Gasteiger partial charge in [-0.25, -0.2) is 8.78 Å². The average Bonchev–Trinajstić information content (AvgIpc) is 3.38. The van der Waals surface area contributed by atoms with Gasteiger partial charge in [0.25, 0.3) is 0 Å². The molecule has 0 amide bonds. The van der Waals surface area contributed by atoms with Crippen molar-refractivity contribution in [3.05, 3.63) is 57.8 Å². The number of hydrogen-bond acceptors (Lipinski definition) is 4. The van der Waals surface area contributed by atoms with Crippen molar-refractivity contribution in [1.29, 1.82) is 0 Å². The van der Waals surface area contributed by atoms with Crippen molar-refractivity contribution in [3.63, 3.8) is 0 Å². The topological polar surface area (TPSA) is 0 Å². The molecule has 4 rings (SSSR count). The third-order valence-electron chi connectivity index (χ3n) is 3.55. The molecule has 0 atom stereocenters. The van der Waals surface area contributed by atoms with Gasteiger partial charge in [0.05, 0.1) is 9.75 Å². The van der Waals surface area contributed by atoms with Crippen LogP contribution in [0.4, 0.5) is 8.78 Å². The molecule has 0 unspecified atom stereocenters. The van der Waals surface area contributed by atoms with Crippen molar-refractivity contribution in [2.45, 2.75) is 27.7 Å². The molecular formula is C20H18ArF2S4. The molecule has 7 heteroatoms. The molecule has 0 fully saturated rings. The summed E-state index contributed by atoms with van der Waals surface area (Å²) in [6, 6.07) is 11.0. The van der Waals surface area contributed by atoms with Gasteiger partial charge in [-0.05, 0) is 50.2 Å². The Morgan fingerprint density at radius 2 is 0.963 bits per heavy atom. The molecule has 0 radical (unpaired) electrons. The van der Waals surface area contributed by atoms with E-state index in [2.05, 4.69) is 0 Å². The van der Waals surface area contributed by atoms with Crippen LogP contribution in [0.15, 0.2) is 36.4 Å². The van der Waals surface area contributed by atoms with Crippen molar-refractivity contribution < 1.29 is 46.5 Å².